The number of carbonyl (C=O) groups is 1. The third-order valence-electron chi connectivity index (χ3n) is 9.67. The van der Waals surface area contributed by atoms with Crippen LogP contribution in [0.3, 0.4) is 0 Å². The predicted octanol–water partition coefficient (Wildman–Crippen LogP) is 9.68. The minimum atomic E-state index is -0.0674. The number of aromatic hydroxyl groups is 4. The van der Waals surface area contributed by atoms with E-state index < -0.39 is 0 Å². The van der Waals surface area contributed by atoms with Crippen LogP contribution in [0.5, 0.6) is 23.0 Å². The average Bonchev–Trinajstić information content (AvgIpc) is 3.71. The number of nitrogens with zero attached hydrogens (tertiary/aromatic N) is 2. The van der Waals surface area contributed by atoms with Gasteiger partial charge in [-0.3, -0.25) is 0 Å². The van der Waals surface area contributed by atoms with E-state index in [-0.39, 0.29) is 17.6 Å². The fourth-order valence-corrected chi connectivity index (χ4v) is 6.96. The minimum absolute atomic E-state index is 0.0674. The summed E-state index contributed by atoms with van der Waals surface area (Å²) in [7, 11) is 0. The van der Waals surface area contributed by atoms with E-state index >= 15 is 0 Å². The van der Waals surface area contributed by atoms with Crippen LogP contribution in [-0.4, -0.2) is 46.1 Å². The van der Waals surface area contributed by atoms with Gasteiger partial charge in [0.25, 0.3) is 0 Å². The van der Waals surface area contributed by atoms with Crippen molar-refractivity contribution in [3.63, 3.8) is 0 Å². The van der Waals surface area contributed by atoms with Crippen LogP contribution in [0.25, 0.3) is 0 Å². The third-order valence-corrected chi connectivity index (χ3v) is 9.67. The number of hydrogen-bond acceptors (Lipinski definition) is 7. The summed E-state index contributed by atoms with van der Waals surface area (Å²) in [5.41, 5.74) is 15.0. The number of carbonyl (C=O) groups excluding carboxylic acids is 1. The molecule has 0 fully saturated rings. The van der Waals surface area contributed by atoms with Crippen LogP contribution in [0.2, 0.25) is 0 Å². The molecule has 6 aromatic rings. The Labute approximate surface area is 318 Å². The Kier molecular flexibility index (Phi) is 12.8. The number of hydrogen-bond donors (Lipinski definition) is 6. The van der Waals surface area contributed by atoms with Crippen molar-refractivity contribution in [3.8, 4) is 23.0 Å². The lowest BCUT2D eigenvalue weighted by molar-refractivity contribution is -0.115. The number of ketones is 1. The maximum atomic E-state index is 10.1. The number of aromatic amines is 2. The number of nitrogens with one attached hydrogen (secondary N) is 2. The number of H-pyrrole nitrogens is 2. The van der Waals surface area contributed by atoms with Gasteiger partial charge >= 0.3 is 0 Å². The second-order valence-electron chi connectivity index (χ2n) is 14.6. The van der Waals surface area contributed by atoms with Gasteiger partial charge in [-0.15, -0.1) is 0 Å². The molecule has 9 nitrogen and oxygen atoms in total. The number of benzene rings is 4. The topological polar surface area (TPSA) is 155 Å². The highest BCUT2D eigenvalue weighted by Crippen LogP contribution is 2.40. The summed E-state index contributed by atoms with van der Waals surface area (Å²) in [5, 5.41) is 40.6. The van der Waals surface area contributed by atoms with E-state index in [1.165, 1.54) is 13.8 Å². The molecule has 284 valence electrons. The molecule has 0 atom stereocenters. The van der Waals surface area contributed by atoms with Crippen molar-refractivity contribution in [2.75, 3.05) is 0 Å². The zero-order valence-electron chi connectivity index (χ0n) is 33.5. The highest BCUT2D eigenvalue weighted by Gasteiger charge is 2.25. The Balaban J connectivity index is 0.000000219. The number of phenolic OH excluding ortho intramolecular Hbond substituents is 4. The summed E-state index contributed by atoms with van der Waals surface area (Å²) in [4.78, 5) is 24.9. The molecule has 0 unspecified atom stereocenters. The second-order valence-corrected chi connectivity index (χ2v) is 14.6. The summed E-state index contributed by atoms with van der Waals surface area (Å²) >= 11 is 0. The van der Waals surface area contributed by atoms with Gasteiger partial charge in [0.05, 0.1) is 35.9 Å². The number of phenols is 4. The standard InChI is InChI=1S/2C21H24N2O2.C3H6O/c2*1-11-6-16(7-12(2)20(11)24)18(19-15(5)22-10-23-19)17-8-13(3)21(25)14(4)9-17;1-3(2)4/h2*6-10,18,24-25H,1-5H3,(H,22,23);1-2H3. The first-order chi connectivity index (χ1) is 25.3. The molecule has 0 amide bonds. The molecule has 54 heavy (non-hydrogen) atoms. The van der Waals surface area contributed by atoms with Crippen LogP contribution >= 0.6 is 0 Å². The lowest BCUT2D eigenvalue weighted by Gasteiger charge is -2.21. The lowest BCUT2D eigenvalue weighted by atomic mass is 9.84. The number of rotatable bonds is 6. The van der Waals surface area contributed by atoms with Crippen molar-refractivity contribution >= 4 is 5.78 Å². The van der Waals surface area contributed by atoms with Crippen molar-refractivity contribution in [2.24, 2.45) is 0 Å². The summed E-state index contributed by atoms with van der Waals surface area (Å²) in [6.45, 7) is 22.4. The highest BCUT2D eigenvalue weighted by molar-refractivity contribution is 5.72. The van der Waals surface area contributed by atoms with Gasteiger partial charge in [-0.1, -0.05) is 48.5 Å². The number of imidazole rings is 2. The normalized spacial score (nSPS) is 10.9. The minimum Gasteiger partial charge on any atom is -0.507 e. The van der Waals surface area contributed by atoms with E-state index in [1.54, 1.807) is 12.7 Å². The predicted molar refractivity (Wildman–Crippen MR) is 215 cm³/mol. The van der Waals surface area contributed by atoms with Gasteiger partial charge < -0.3 is 35.2 Å². The summed E-state index contributed by atoms with van der Waals surface area (Å²) in [6, 6.07) is 16.1. The van der Waals surface area contributed by atoms with Gasteiger partial charge in [0.15, 0.2) is 0 Å². The molecule has 9 heteroatoms. The Bertz CT molecular complexity index is 1930. The first-order valence-corrected chi connectivity index (χ1v) is 18.0. The Morgan fingerprint density at radius 1 is 0.444 bits per heavy atom. The smallest absolute Gasteiger partial charge is 0.126 e. The summed E-state index contributed by atoms with van der Waals surface area (Å²) < 4.78 is 0. The first kappa shape index (κ1) is 40.9. The van der Waals surface area contributed by atoms with Gasteiger partial charge in [-0.05, 0) is 150 Å². The van der Waals surface area contributed by atoms with E-state index in [4.69, 9.17) is 0 Å². The van der Waals surface area contributed by atoms with Gasteiger partial charge in [0, 0.05) is 11.4 Å². The van der Waals surface area contributed by atoms with Gasteiger partial charge in [0.1, 0.15) is 28.8 Å². The van der Waals surface area contributed by atoms with Crippen LogP contribution in [0.4, 0.5) is 0 Å². The van der Waals surface area contributed by atoms with E-state index in [0.717, 1.165) is 89.5 Å². The molecule has 0 aliphatic rings. The largest absolute Gasteiger partial charge is 0.507 e. The van der Waals surface area contributed by atoms with Crippen molar-refractivity contribution < 1.29 is 25.2 Å². The third kappa shape index (κ3) is 9.02. The Morgan fingerprint density at radius 2 is 0.630 bits per heavy atom. The molecule has 0 saturated heterocycles. The van der Waals surface area contributed by atoms with Gasteiger partial charge in [-0.2, -0.15) is 0 Å². The second kappa shape index (κ2) is 16.9. The monoisotopic (exact) mass is 730 g/mol. The summed E-state index contributed by atoms with van der Waals surface area (Å²) in [5.74, 6) is 1.36. The maximum absolute atomic E-state index is 10.1. The highest BCUT2D eigenvalue weighted by atomic mass is 16.3. The van der Waals surface area contributed by atoms with Crippen molar-refractivity contribution in [1.29, 1.82) is 0 Å². The van der Waals surface area contributed by atoms with Crippen LogP contribution in [0.1, 0.15) is 115 Å². The number of aryl methyl sites for hydroxylation is 10. The zero-order valence-corrected chi connectivity index (χ0v) is 33.5. The van der Waals surface area contributed by atoms with E-state index in [9.17, 15) is 25.2 Å². The molecule has 0 spiro atoms. The SMILES string of the molecule is CC(C)=O.Cc1cc(C(c2cc(C)c(O)c(C)c2)c2nc[nH]c2C)cc(C)c1O.Cc1cc(C(c2cc(C)c(O)c(C)c2)c2nc[nH]c2C)cc(C)c1O. The molecule has 0 aliphatic heterocycles. The van der Waals surface area contributed by atoms with E-state index in [0.29, 0.717) is 23.0 Å². The van der Waals surface area contributed by atoms with E-state index in [1.807, 2.05) is 118 Å². The molecule has 6 N–H and O–H groups in total. The molecular weight excluding hydrogens is 677 g/mol. The van der Waals surface area contributed by atoms with Crippen LogP contribution in [-0.2, 0) is 4.79 Å². The lowest BCUT2D eigenvalue weighted by Crippen LogP contribution is -2.07. The molecule has 0 bridgehead atoms. The van der Waals surface area contributed by atoms with Crippen molar-refractivity contribution in [2.45, 2.75) is 94.9 Å². The molecule has 4 aromatic carbocycles. The molecule has 2 aromatic heterocycles. The van der Waals surface area contributed by atoms with Crippen molar-refractivity contribution in [3.05, 3.63) is 151 Å². The fourth-order valence-electron chi connectivity index (χ4n) is 6.96. The molecular formula is C45H54N4O5. The van der Waals surface area contributed by atoms with Gasteiger partial charge in [-0.25, -0.2) is 9.97 Å². The Hall–Kier alpha value is -5.83. The van der Waals surface area contributed by atoms with E-state index in [2.05, 4.69) is 19.9 Å². The molecule has 6 rings (SSSR count). The molecule has 0 saturated carbocycles. The fraction of sp³-hybridized carbons (Fsp3) is 0.311. The van der Waals surface area contributed by atoms with Crippen LogP contribution in [0.15, 0.2) is 61.2 Å². The molecule has 0 aliphatic carbocycles. The van der Waals surface area contributed by atoms with Crippen LogP contribution in [0, 0.1) is 69.2 Å². The van der Waals surface area contributed by atoms with Gasteiger partial charge in [0.2, 0.25) is 0 Å². The first-order valence-electron chi connectivity index (χ1n) is 18.0. The maximum Gasteiger partial charge on any atom is 0.126 e. The summed E-state index contributed by atoms with van der Waals surface area (Å²) in [6.07, 6.45) is 3.41. The molecule has 2 heterocycles. The molecule has 0 radical (unpaired) electrons. The van der Waals surface area contributed by atoms with Crippen LogP contribution < -0.4 is 0 Å². The Morgan fingerprint density at radius 3 is 0.778 bits per heavy atom. The number of aromatic nitrogens is 4. The van der Waals surface area contributed by atoms with Crippen molar-refractivity contribution in [1.82, 2.24) is 19.9 Å². The average molecular weight is 731 g/mol. The zero-order chi connectivity index (χ0) is 40.2. The quantitative estimate of drug-likeness (QED) is 0.0997. The number of Topliss-reactive ketones (excluding diaryl/α,β-unsaturated/α-hetero) is 1.